The summed E-state index contributed by atoms with van der Waals surface area (Å²) in [5.74, 6) is 5.65. The van der Waals surface area contributed by atoms with Gasteiger partial charge in [-0.1, -0.05) is 36.1 Å². The second-order valence-electron chi connectivity index (χ2n) is 8.92. The molecule has 2 aromatic carbocycles. The Morgan fingerprint density at radius 2 is 1.87 bits per heavy atom. The SMILES string of the molecule is CC(=O)NCC#Cc1cccc2nc([C@H](C)NC(=O)c3c(C)ncn4ccnc34)n(-c3ccccc3)c(=O)c12. The van der Waals surface area contributed by atoms with Crippen LogP contribution >= 0.6 is 0 Å². The number of aromatic nitrogens is 5. The summed E-state index contributed by atoms with van der Waals surface area (Å²) in [4.78, 5) is 52.1. The van der Waals surface area contributed by atoms with Gasteiger partial charge >= 0.3 is 0 Å². The highest BCUT2D eigenvalue weighted by molar-refractivity contribution is 6.01. The molecule has 0 aliphatic carbocycles. The highest BCUT2D eigenvalue weighted by Crippen LogP contribution is 2.21. The van der Waals surface area contributed by atoms with Crippen LogP contribution in [0.4, 0.5) is 0 Å². The van der Waals surface area contributed by atoms with Crippen LogP contribution in [0, 0.1) is 18.8 Å². The maximum Gasteiger partial charge on any atom is 0.267 e. The minimum absolute atomic E-state index is 0.157. The highest BCUT2D eigenvalue weighted by atomic mass is 16.2. The van der Waals surface area contributed by atoms with E-state index in [4.69, 9.17) is 4.98 Å². The minimum Gasteiger partial charge on any atom is -0.345 e. The molecule has 0 saturated heterocycles. The Labute approximate surface area is 223 Å². The molecule has 0 radical (unpaired) electrons. The van der Waals surface area contributed by atoms with E-state index in [1.165, 1.54) is 11.5 Å². The first-order chi connectivity index (χ1) is 18.8. The largest absolute Gasteiger partial charge is 0.345 e. The van der Waals surface area contributed by atoms with Gasteiger partial charge in [0, 0.05) is 24.9 Å². The van der Waals surface area contributed by atoms with E-state index in [0.29, 0.717) is 44.9 Å². The number of amides is 2. The van der Waals surface area contributed by atoms with E-state index in [0.717, 1.165) is 0 Å². The van der Waals surface area contributed by atoms with Crippen molar-refractivity contribution in [3.63, 3.8) is 0 Å². The molecule has 5 rings (SSSR count). The van der Waals surface area contributed by atoms with E-state index in [1.54, 1.807) is 67.3 Å². The number of nitrogens with zero attached hydrogens (tertiary/aromatic N) is 5. The number of carbonyl (C=O) groups is 2. The molecule has 2 N–H and O–H groups in total. The third kappa shape index (κ3) is 4.98. The predicted octanol–water partition coefficient (Wildman–Crippen LogP) is 2.72. The number of benzene rings is 2. The fraction of sp³-hybridized carbons (Fsp3) is 0.172. The summed E-state index contributed by atoms with van der Waals surface area (Å²) in [6.07, 6.45) is 4.92. The normalized spacial score (nSPS) is 11.6. The lowest BCUT2D eigenvalue weighted by molar-refractivity contribution is -0.118. The number of rotatable bonds is 5. The van der Waals surface area contributed by atoms with Gasteiger partial charge in [0.05, 0.1) is 34.9 Å². The number of fused-ring (bicyclic) bond motifs is 2. The quantitative estimate of drug-likeness (QED) is 0.344. The van der Waals surface area contributed by atoms with Crippen molar-refractivity contribution in [2.45, 2.75) is 26.8 Å². The molecule has 0 aliphatic rings. The molecule has 3 heterocycles. The molecule has 10 nitrogen and oxygen atoms in total. The fourth-order valence-electron chi connectivity index (χ4n) is 4.35. The van der Waals surface area contributed by atoms with Crippen molar-refractivity contribution in [3.05, 3.63) is 100 Å². The second kappa shape index (κ2) is 10.6. The molecule has 1 atom stereocenters. The van der Waals surface area contributed by atoms with Crippen molar-refractivity contribution < 1.29 is 9.59 Å². The smallest absolute Gasteiger partial charge is 0.267 e. The number of hydrogen-bond acceptors (Lipinski definition) is 6. The molecule has 194 valence electrons. The van der Waals surface area contributed by atoms with Gasteiger partial charge in [0.25, 0.3) is 11.5 Å². The van der Waals surface area contributed by atoms with Gasteiger partial charge in [-0.2, -0.15) is 0 Å². The summed E-state index contributed by atoms with van der Waals surface area (Å²) in [6.45, 7) is 5.09. The molecular formula is C29H25N7O3. The van der Waals surface area contributed by atoms with Crippen molar-refractivity contribution >= 4 is 28.4 Å². The van der Waals surface area contributed by atoms with Crippen LogP contribution in [-0.4, -0.2) is 42.3 Å². The van der Waals surface area contributed by atoms with E-state index in [9.17, 15) is 14.4 Å². The molecule has 0 bridgehead atoms. The van der Waals surface area contributed by atoms with Crippen molar-refractivity contribution in [1.29, 1.82) is 0 Å². The first kappa shape index (κ1) is 25.4. The van der Waals surface area contributed by atoms with Gasteiger partial charge in [0.15, 0.2) is 5.65 Å². The molecule has 0 fully saturated rings. The Bertz CT molecular complexity index is 1850. The maximum absolute atomic E-state index is 14.0. The van der Waals surface area contributed by atoms with Gasteiger partial charge < -0.3 is 10.6 Å². The Hall–Kier alpha value is -5.30. The number of nitrogens with one attached hydrogen (secondary N) is 2. The van der Waals surface area contributed by atoms with Gasteiger partial charge in [-0.05, 0) is 38.1 Å². The minimum atomic E-state index is -0.654. The van der Waals surface area contributed by atoms with E-state index in [2.05, 4.69) is 32.4 Å². The molecule has 0 unspecified atom stereocenters. The van der Waals surface area contributed by atoms with Gasteiger partial charge in [-0.3, -0.25) is 23.4 Å². The first-order valence-corrected chi connectivity index (χ1v) is 12.3. The highest BCUT2D eigenvalue weighted by Gasteiger charge is 2.23. The number of carbonyl (C=O) groups excluding carboxylic acids is 2. The molecule has 0 spiro atoms. The summed E-state index contributed by atoms with van der Waals surface area (Å²) in [5.41, 5.74) is 2.59. The first-order valence-electron chi connectivity index (χ1n) is 12.3. The molecule has 3 aromatic heterocycles. The number of imidazole rings is 1. The van der Waals surface area contributed by atoms with Crippen LogP contribution in [0.3, 0.4) is 0 Å². The lowest BCUT2D eigenvalue weighted by Crippen LogP contribution is -2.34. The summed E-state index contributed by atoms with van der Waals surface area (Å²) in [5, 5.41) is 5.95. The number of hydrogen-bond donors (Lipinski definition) is 2. The lowest BCUT2D eigenvalue weighted by Gasteiger charge is -2.20. The Kier molecular flexibility index (Phi) is 6.89. The molecule has 10 heteroatoms. The zero-order chi connectivity index (χ0) is 27.5. The van der Waals surface area contributed by atoms with E-state index in [1.807, 2.05) is 18.2 Å². The summed E-state index contributed by atoms with van der Waals surface area (Å²) < 4.78 is 3.17. The van der Waals surface area contributed by atoms with Crippen LogP contribution in [0.15, 0.2) is 72.0 Å². The molecule has 2 amide bonds. The van der Waals surface area contributed by atoms with E-state index in [-0.39, 0.29) is 23.9 Å². The molecular weight excluding hydrogens is 494 g/mol. The average molecular weight is 520 g/mol. The van der Waals surface area contributed by atoms with Gasteiger partial charge in [-0.25, -0.2) is 15.0 Å². The van der Waals surface area contributed by atoms with Crippen molar-refractivity contribution in [1.82, 2.24) is 34.6 Å². The topological polar surface area (TPSA) is 123 Å². The van der Waals surface area contributed by atoms with Crippen molar-refractivity contribution in [3.8, 4) is 17.5 Å². The zero-order valence-electron chi connectivity index (χ0n) is 21.6. The Morgan fingerprint density at radius 1 is 1.08 bits per heavy atom. The van der Waals surface area contributed by atoms with Crippen LogP contribution in [0.5, 0.6) is 0 Å². The third-order valence-electron chi connectivity index (χ3n) is 6.18. The van der Waals surface area contributed by atoms with E-state index >= 15 is 0 Å². The Morgan fingerprint density at radius 3 is 2.64 bits per heavy atom. The third-order valence-corrected chi connectivity index (χ3v) is 6.18. The van der Waals surface area contributed by atoms with Crippen LogP contribution < -0.4 is 16.2 Å². The fourth-order valence-corrected chi connectivity index (χ4v) is 4.35. The van der Waals surface area contributed by atoms with Crippen LogP contribution in [0.25, 0.3) is 22.2 Å². The molecule has 39 heavy (non-hydrogen) atoms. The summed E-state index contributed by atoms with van der Waals surface area (Å²) in [7, 11) is 0. The molecule has 0 aliphatic heterocycles. The average Bonchev–Trinajstić information content (AvgIpc) is 3.39. The van der Waals surface area contributed by atoms with Gasteiger partial charge in [0.2, 0.25) is 5.91 Å². The Balaban J connectivity index is 1.62. The predicted molar refractivity (Wildman–Crippen MR) is 147 cm³/mol. The van der Waals surface area contributed by atoms with Crippen LogP contribution in [-0.2, 0) is 4.79 Å². The van der Waals surface area contributed by atoms with Crippen LogP contribution in [0.2, 0.25) is 0 Å². The monoisotopic (exact) mass is 519 g/mol. The van der Waals surface area contributed by atoms with E-state index < -0.39 is 6.04 Å². The van der Waals surface area contributed by atoms with Crippen molar-refractivity contribution in [2.24, 2.45) is 0 Å². The summed E-state index contributed by atoms with van der Waals surface area (Å²) >= 11 is 0. The van der Waals surface area contributed by atoms with Gasteiger partial charge in [-0.15, -0.1) is 0 Å². The molecule has 5 aromatic rings. The lowest BCUT2D eigenvalue weighted by atomic mass is 10.1. The number of aryl methyl sites for hydroxylation is 1. The maximum atomic E-state index is 14.0. The van der Waals surface area contributed by atoms with Gasteiger partial charge in [0.1, 0.15) is 17.7 Å². The van der Waals surface area contributed by atoms with Crippen LogP contribution in [0.1, 0.15) is 47.3 Å². The second-order valence-corrected chi connectivity index (χ2v) is 8.92. The summed E-state index contributed by atoms with van der Waals surface area (Å²) in [6, 6.07) is 13.7. The molecule has 0 saturated carbocycles. The van der Waals surface area contributed by atoms with Crippen molar-refractivity contribution in [2.75, 3.05) is 6.54 Å². The number of para-hydroxylation sites is 1. The standard InChI is InChI=1S/C29H25N7O3/c1-18-24(27-31-15-16-35(27)17-32-18)28(38)33-19(2)26-34-23-13-7-9-21(10-8-14-30-20(3)37)25(23)29(39)36(26)22-11-5-4-6-12-22/h4-7,9,11-13,15-17,19H,14H2,1-3H3,(H,30,37)(H,33,38)/t19-/m0/s1. The zero-order valence-corrected chi connectivity index (χ0v) is 21.6.